The van der Waals surface area contributed by atoms with Gasteiger partial charge in [0.1, 0.15) is 5.92 Å². The predicted octanol–water partition coefficient (Wildman–Crippen LogP) is 4.08. The molecule has 0 amide bonds. The van der Waals surface area contributed by atoms with Gasteiger partial charge in [-0.05, 0) is 61.7 Å². The molecule has 0 radical (unpaired) electrons. The number of hydrogen-bond donors (Lipinski definition) is 5. The Kier molecular flexibility index (Phi) is 6.68. The van der Waals surface area contributed by atoms with Crippen molar-refractivity contribution in [2.24, 2.45) is 56.1 Å². The third-order valence-corrected chi connectivity index (χ3v) is 10.5. The standard InChI is InChI=1S/C27H40N2O6/c1-5-19(28-34)23(24(32)33)27(21(14-30)29-35)11-9-18-16-12-15(2)17-8-6-7-10-25(17,3)22(16)20(31)13-26(18,27)4/h7-8,10,15-16,18,20,22-23,30-31,34-35H,5-6,9,11-14H2,1-4H3,(H,32,33)/b28-19?,29-21-. The van der Waals surface area contributed by atoms with Gasteiger partial charge in [0.15, 0.2) is 0 Å². The molecule has 0 bridgehead atoms. The number of carboxylic acid groups (broad SMARTS) is 1. The number of aliphatic hydroxyl groups is 2. The third-order valence-electron chi connectivity index (χ3n) is 10.5. The van der Waals surface area contributed by atoms with E-state index in [2.05, 4.69) is 42.4 Å². The number of nitrogens with zero attached hydrogens (tertiary/aromatic N) is 2. The zero-order valence-corrected chi connectivity index (χ0v) is 21.2. The first-order valence-corrected chi connectivity index (χ1v) is 12.9. The zero-order valence-electron chi connectivity index (χ0n) is 21.2. The van der Waals surface area contributed by atoms with Crippen LogP contribution in [-0.4, -0.2) is 55.8 Å². The minimum atomic E-state index is -1.29. The van der Waals surface area contributed by atoms with Gasteiger partial charge in [-0.2, -0.15) is 0 Å². The Balaban J connectivity index is 1.90. The maximum absolute atomic E-state index is 12.8. The Labute approximate surface area is 207 Å². The number of carboxylic acids is 1. The summed E-state index contributed by atoms with van der Waals surface area (Å²) >= 11 is 0. The molecule has 0 aromatic rings. The van der Waals surface area contributed by atoms with E-state index in [0.29, 0.717) is 25.2 Å². The number of aliphatic carboxylic acids is 1. The van der Waals surface area contributed by atoms with Gasteiger partial charge in [-0.25, -0.2) is 0 Å². The number of oxime groups is 2. The predicted molar refractivity (Wildman–Crippen MR) is 132 cm³/mol. The molecular formula is C27H40N2O6. The first-order valence-electron chi connectivity index (χ1n) is 12.9. The number of aliphatic hydroxyl groups excluding tert-OH is 2. The maximum atomic E-state index is 12.8. The Morgan fingerprint density at radius 2 is 1.97 bits per heavy atom. The molecule has 5 N–H and O–H groups in total. The lowest BCUT2D eigenvalue weighted by atomic mass is 9.42. The van der Waals surface area contributed by atoms with Crippen molar-refractivity contribution in [1.82, 2.24) is 0 Å². The summed E-state index contributed by atoms with van der Waals surface area (Å²) in [6, 6.07) is 0. The van der Waals surface area contributed by atoms with Crippen LogP contribution in [0.1, 0.15) is 66.2 Å². The molecule has 0 aromatic heterocycles. The highest BCUT2D eigenvalue weighted by atomic mass is 16.4. The number of rotatable bonds is 6. The normalized spacial score (nSPS) is 44.2. The van der Waals surface area contributed by atoms with Crippen LogP contribution in [0, 0.1) is 45.8 Å². The molecule has 3 fully saturated rings. The molecule has 0 aromatic carbocycles. The van der Waals surface area contributed by atoms with E-state index in [0.717, 1.165) is 12.8 Å². The molecule has 0 spiro atoms. The van der Waals surface area contributed by atoms with Crippen molar-refractivity contribution in [1.29, 1.82) is 0 Å². The lowest BCUT2D eigenvalue weighted by molar-refractivity contribution is -0.154. The second-order valence-electron chi connectivity index (χ2n) is 11.6. The molecule has 0 heterocycles. The summed E-state index contributed by atoms with van der Waals surface area (Å²) in [5.74, 6) is -1.95. The summed E-state index contributed by atoms with van der Waals surface area (Å²) in [4.78, 5) is 12.8. The molecule has 9 unspecified atom stereocenters. The highest BCUT2D eigenvalue weighted by Gasteiger charge is 2.71. The Hall–Kier alpha value is -2.19. The molecule has 4 aliphatic carbocycles. The minimum Gasteiger partial charge on any atom is -0.481 e. The van der Waals surface area contributed by atoms with Crippen molar-refractivity contribution < 1.29 is 30.5 Å². The monoisotopic (exact) mass is 488 g/mol. The summed E-state index contributed by atoms with van der Waals surface area (Å²) in [5.41, 5.74) is -0.894. The average Bonchev–Trinajstić information content (AvgIpc) is 3.10. The molecular weight excluding hydrogens is 448 g/mol. The van der Waals surface area contributed by atoms with Crippen LogP contribution in [0.5, 0.6) is 0 Å². The van der Waals surface area contributed by atoms with Crippen LogP contribution in [0.4, 0.5) is 0 Å². The van der Waals surface area contributed by atoms with Crippen LogP contribution in [0.3, 0.4) is 0 Å². The lowest BCUT2D eigenvalue weighted by Crippen LogP contribution is -2.63. The number of carbonyl (C=O) groups is 1. The average molecular weight is 489 g/mol. The van der Waals surface area contributed by atoms with Gasteiger partial charge < -0.3 is 25.7 Å². The van der Waals surface area contributed by atoms with Gasteiger partial charge in [-0.15, -0.1) is 0 Å². The van der Waals surface area contributed by atoms with Gasteiger partial charge in [-0.3, -0.25) is 4.79 Å². The smallest absolute Gasteiger partial charge is 0.313 e. The van der Waals surface area contributed by atoms with Crippen molar-refractivity contribution in [2.75, 3.05) is 6.61 Å². The van der Waals surface area contributed by atoms with Gasteiger partial charge in [0.2, 0.25) is 0 Å². The summed E-state index contributed by atoms with van der Waals surface area (Å²) in [6.07, 6.45) is 9.38. The lowest BCUT2D eigenvalue weighted by Gasteiger charge is -2.62. The fraction of sp³-hybridized carbons (Fsp3) is 0.741. The Morgan fingerprint density at radius 3 is 2.54 bits per heavy atom. The summed E-state index contributed by atoms with van der Waals surface area (Å²) in [7, 11) is 0. The topological polar surface area (TPSA) is 143 Å². The van der Waals surface area contributed by atoms with Crippen molar-refractivity contribution in [3.8, 4) is 0 Å². The van der Waals surface area contributed by atoms with Gasteiger partial charge in [0, 0.05) is 16.7 Å². The van der Waals surface area contributed by atoms with Crippen molar-refractivity contribution >= 4 is 17.4 Å². The molecule has 8 nitrogen and oxygen atoms in total. The fourth-order valence-electron chi connectivity index (χ4n) is 9.33. The van der Waals surface area contributed by atoms with E-state index in [1.165, 1.54) is 5.57 Å². The van der Waals surface area contributed by atoms with Crippen LogP contribution < -0.4 is 0 Å². The van der Waals surface area contributed by atoms with Gasteiger partial charge >= 0.3 is 5.97 Å². The van der Waals surface area contributed by atoms with Gasteiger partial charge in [0.05, 0.1) is 24.1 Å². The van der Waals surface area contributed by atoms with Crippen molar-refractivity contribution in [2.45, 2.75) is 72.3 Å². The largest absolute Gasteiger partial charge is 0.481 e. The van der Waals surface area contributed by atoms with Gasteiger partial charge in [-0.1, -0.05) is 61.8 Å². The molecule has 3 saturated carbocycles. The molecule has 0 aliphatic heterocycles. The van der Waals surface area contributed by atoms with E-state index in [1.54, 1.807) is 6.92 Å². The molecule has 4 rings (SSSR count). The van der Waals surface area contributed by atoms with E-state index in [1.807, 2.05) is 6.92 Å². The Bertz CT molecular complexity index is 988. The second-order valence-corrected chi connectivity index (χ2v) is 11.6. The van der Waals surface area contributed by atoms with Crippen molar-refractivity contribution in [3.05, 3.63) is 23.8 Å². The van der Waals surface area contributed by atoms with Gasteiger partial charge in [0.25, 0.3) is 0 Å². The number of fused-ring (bicyclic) bond motifs is 5. The second kappa shape index (κ2) is 9.04. The minimum absolute atomic E-state index is 0.000510. The molecule has 35 heavy (non-hydrogen) atoms. The van der Waals surface area contributed by atoms with E-state index in [4.69, 9.17) is 0 Å². The number of allylic oxidation sites excluding steroid dienone is 4. The fourth-order valence-corrected chi connectivity index (χ4v) is 9.33. The van der Waals surface area contributed by atoms with Crippen LogP contribution in [0.2, 0.25) is 0 Å². The number of hydrogen-bond acceptors (Lipinski definition) is 7. The highest BCUT2D eigenvalue weighted by Crippen LogP contribution is 2.72. The summed E-state index contributed by atoms with van der Waals surface area (Å²) in [5, 5.41) is 59.1. The molecule has 0 saturated heterocycles. The molecule has 9 atom stereocenters. The van der Waals surface area contributed by atoms with E-state index in [9.17, 15) is 30.5 Å². The first-order chi connectivity index (χ1) is 16.6. The van der Waals surface area contributed by atoms with Crippen LogP contribution in [0.15, 0.2) is 34.1 Å². The SMILES string of the molecule is CCC(=NO)C(C(=O)O)C1(/C(CO)=N\O)CCC2C3CC(C)C4=CCC=CC4(C)C3C(O)CC21C. The zero-order chi connectivity index (χ0) is 25.8. The maximum Gasteiger partial charge on any atom is 0.313 e. The molecule has 8 heteroatoms. The quantitative estimate of drug-likeness (QED) is 0.165. The van der Waals surface area contributed by atoms with Crippen LogP contribution >= 0.6 is 0 Å². The summed E-state index contributed by atoms with van der Waals surface area (Å²) in [6.45, 7) is 7.56. The van der Waals surface area contributed by atoms with Crippen molar-refractivity contribution in [3.63, 3.8) is 0 Å². The molecule has 4 aliphatic rings. The van der Waals surface area contributed by atoms with Crippen LogP contribution in [-0.2, 0) is 4.79 Å². The highest BCUT2D eigenvalue weighted by molar-refractivity contribution is 6.08. The van der Waals surface area contributed by atoms with E-state index < -0.39 is 35.4 Å². The van der Waals surface area contributed by atoms with E-state index >= 15 is 0 Å². The van der Waals surface area contributed by atoms with Crippen LogP contribution in [0.25, 0.3) is 0 Å². The van der Waals surface area contributed by atoms with E-state index in [-0.39, 0.29) is 41.0 Å². The third kappa shape index (κ3) is 3.35. The Morgan fingerprint density at radius 1 is 1.26 bits per heavy atom. The summed E-state index contributed by atoms with van der Waals surface area (Å²) < 4.78 is 0. The first kappa shape index (κ1) is 25.9. The molecule has 194 valence electrons.